The molecule has 6 nitrogen and oxygen atoms in total. The summed E-state index contributed by atoms with van der Waals surface area (Å²) in [7, 11) is -0.532. The molecular formula is C22H27N3O3S. The Morgan fingerprint density at radius 3 is 2.45 bits per heavy atom. The van der Waals surface area contributed by atoms with E-state index in [1.54, 1.807) is 24.3 Å². The molecule has 0 aliphatic carbocycles. The lowest BCUT2D eigenvalue weighted by atomic mass is 10.2. The molecule has 0 aliphatic heterocycles. The highest BCUT2D eigenvalue weighted by Crippen LogP contribution is 2.25. The molecule has 7 heteroatoms. The van der Waals surface area contributed by atoms with Crippen molar-refractivity contribution in [3.8, 4) is 0 Å². The molecule has 0 atom stereocenters. The number of amides is 1. The van der Waals surface area contributed by atoms with Crippen molar-refractivity contribution in [1.82, 2.24) is 14.2 Å². The van der Waals surface area contributed by atoms with Gasteiger partial charge in [0.2, 0.25) is 10.0 Å². The summed E-state index contributed by atoms with van der Waals surface area (Å²) in [5.41, 5.74) is 2.42. The molecule has 0 saturated carbocycles. The molecule has 0 spiro atoms. The van der Waals surface area contributed by atoms with Gasteiger partial charge in [0.15, 0.2) is 0 Å². The Hall–Kier alpha value is -2.64. The van der Waals surface area contributed by atoms with E-state index >= 15 is 0 Å². The molecule has 1 N–H and O–H groups in total. The fraction of sp³-hybridized carbons (Fsp3) is 0.318. The van der Waals surface area contributed by atoms with Crippen LogP contribution in [0.25, 0.3) is 10.9 Å². The average molecular weight is 414 g/mol. The zero-order valence-electron chi connectivity index (χ0n) is 17.1. The summed E-state index contributed by atoms with van der Waals surface area (Å²) in [6.45, 7) is 3.22. The van der Waals surface area contributed by atoms with Crippen molar-refractivity contribution in [3.63, 3.8) is 0 Å². The second kappa shape index (κ2) is 8.80. The molecule has 154 valence electrons. The molecule has 2 aromatic carbocycles. The number of rotatable bonds is 8. The van der Waals surface area contributed by atoms with E-state index in [0.29, 0.717) is 18.8 Å². The van der Waals surface area contributed by atoms with Crippen LogP contribution in [-0.4, -0.2) is 43.8 Å². The molecule has 3 rings (SSSR count). The van der Waals surface area contributed by atoms with E-state index in [1.165, 1.54) is 18.4 Å². The number of carbonyl (C=O) groups excluding carboxylic acids is 1. The van der Waals surface area contributed by atoms with Crippen molar-refractivity contribution in [2.45, 2.75) is 31.2 Å². The Morgan fingerprint density at radius 2 is 1.79 bits per heavy atom. The number of hydrogen-bond acceptors (Lipinski definition) is 3. The third-order valence-corrected chi connectivity index (χ3v) is 6.69. The summed E-state index contributed by atoms with van der Waals surface area (Å²) in [6.07, 6.45) is 1.91. The lowest BCUT2D eigenvalue weighted by molar-refractivity contribution is 0.0945. The van der Waals surface area contributed by atoms with Crippen LogP contribution in [0, 0.1) is 0 Å². The minimum absolute atomic E-state index is 0.150. The van der Waals surface area contributed by atoms with Crippen LogP contribution in [0.5, 0.6) is 0 Å². The molecule has 3 aromatic rings. The Labute approximate surface area is 172 Å². The third kappa shape index (κ3) is 4.52. The van der Waals surface area contributed by atoms with Crippen LogP contribution in [0.3, 0.4) is 0 Å². The van der Waals surface area contributed by atoms with E-state index < -0.39 is 10.0 Å². The number of fused-ring (bicyclic) bond motifs is 1. The largest absolute Gasteiger partial charge is 0.351 e. The van der Waals surface area contributed by atoms with Gasteiger partial charge in [-0.25, -0.2) is 12.7 Å². The van der Waals surface area contributed by atoms with Crippen molar-refractivity contribution in [2.24, 2.45) is 0 Å². The summed E-state index contributed by atoms with van der Waals surface area (Å²) in [5.74, 6) is -0.150. The monoisotopic (exact) mass is 413 g/mol. The number of sulfonamides is 1. The van der Waals surface area contributed by atoms with E-state index in [9.17, 15) is 13.2 Å². The Morgan fingerprint density at radius 1 is 1.07 bits per heavy atom. The molecule has 29 heavy (non-hydrogen) atoms. The number of hydrogen-bond donors (Lipinski definition) is 1. The van der Waals surface area contributed by atoms with Gasteiger partial charge < -0.3 is 9.88 Å². The van der Waals surface area contributed by atoms with Crippen molar-refractivity contribution in [1.29, 1.82) is 0 Å². The van der Waals surface area contributed by atoms with Crippen LogP contribution in [0.15, 0.2) is 59.5 Å². The first-order chi connectivity index (χ1) is 13.8. The third-order valence-electron chi connectivity index (χ3n) is 4.88. The van der Waals surface area contributed by atoms with Gasteiger partial charge >= 0.3 is 0 Å². The standard InChI is InChI=1S/C22H27N3O3S/c1-4-5-13-23-22(26)21-15-18-14-19(29(27,28)24(2)3)11-12-20(18)25(21)16-17-9-7-6-8-10-17/h6-12,14-15H,4-5,13,16H2,1-3H3,(H,23,26). The molecule has 0 aliphatic rings. The lowest BCUT2D eigenvalue weighted by Crippen LogP contribution is -2.26. The predicted octanol–water partition coefficient (Wildman–Crippen LogP) is 3.47. The van der Waals surface area contributed by atoms with Crippen LogP contribution in [-0.2, 0) is 16.6 Å². The normalized spacial score (nSPS) is 11.9. The average Bonchev–Trinajstić information content (AvgIpc) is 3.06. The fourth-order valence-corrected chi connectivity index (χ4v) is 4.15. The maximum Gasteiger partial charge on any atom is 0.267 e. The first-order valence-corrected chi connectivity index (χ1v) is 11.2. The van der Waals surface area contributed by atoms with Gasteiger partial charge in [0.05, 0.1) is 4.90 Å². The van der Waals surface area contributed by atoms with E-state index in [4.69, 9.17) is 0 Å². The van der Waals surface area contributed by atoms with Crippen LogP contribution >= 0.6 is 0 Å². The van der Waals surface area contributed by atoms with Crippen LogP contribution in [0.1, 0.15) is 35.8 Å². The molecule has 1 heterocycles. The smallest absolute Gasteiger partial charge is 0.267 e. The SMILES string of the molecule is CCCCNC(=O)c1cc2cc(S(=O)(=O)N(C)C)ccc2n1Cc1ccccc1. The van der Waals surface area contributed by atoms with Crippen molar-refractivity contribution in [2.75, 3.05) is 20.6 Å². The summed E-state index contributed by atoms with van der Waals surface area (Å²) in [5, 5.41) is 3.69. The summed E-state index contributed by atoms with van der Waals surface area (Å²) >= 11 is 0. The van der Waals surface area contributed by atoms with E-state index in [-0.39, 0.29) is 10.8 Å². The number of benzene rings is 2. The molecule has 1 aromatic heterocycles. The molecule has 0 fully saturated rings. The van der Waals surface area contributed by atoms with Gasteiger partial charge in [-0.05, 0) is 36.2 Å². The summed E-state index contributed by atoms with van der Waals surface area (Å²) in [4.78, 5) is 13.0. The minimum Gasteiger partial charge on any atom is -0.351 e. The highest BCUT2D eigenvalue weighted by molar-refractivity contribution is 7.89. The minimum atomic E-state index is -3.55. The van der Waals surface area contributed by atoms with Crippen LogP contribution in [0.4, 0.5) is 0 Å². The van der Waals surface area contributed by atoms with Gasteiger partial charge in [-0.2, -0.15) is 0 Å². The molecule has 1 amide bonds. The van der Waals surface area contributed by atoms with Crippen molar-refractivity contribution >= 4 is 26.8 Å². The molecule has 0 radical (unpaired) electrons. The maximum absolute atomic E-state index is 12.8. The van der Waals surface area contributed by atoms with Crippen molar-refractivity contribution in [3.05, 3.63) is 65.9 Å². The second-order valence-electron chi connectivity index (χ2n) is 7.22. The van der Waals surface area contributed by atoms with Crippen LogP contribution in [0.2, 0.25) is 0 Å². The second-order valence-corrected chi connectivity index (χ2v) is 9.37. The maximum atomic E-state index is 12.8. The van der Waals surface area contributed by atoms with Gasteiger partial charge in [0, 0.05) is 38.1 Å². The predicted molar refractivity (Wildman–Crippen MR) is 116 cm³/mol. The first kappa shape index (κ1) is 21.1. The van der Waals surface area contributed by atoms with Gasteiger partial charge in [-0.1, -0.05) is 43.7 Å². The highest BCUT2D eigenvalue weighted by Gasteiger charge is 2.21. The Balaban J connectivity index is 2.08. The van der Waals surface area contributed by atoms with E-state index in [2.05, 4.69) is 12.2 Å². The van der Waals surface area contributed by atoms with Crippen molar-refractivity contribution < 1.29 is 13.2 Å². The summed E-state index contributed by atoms with van der Waals surface area (Å²) in [6, 6.07) is 16.7. The van der Waals surface area contributed by atoms with Crippen LogP contribution < -0.4 is 5.32 Å². The number of unbranched alkanes of at least 4 members (excludes halogenated alkanes) is 1. The highest BCUT2D eigenvalue weighted by atomic mass is 32.2. The van der Waals surface area contributed by atoms with Gasteiger partial charge in [0.1, 0.15) is 5.69 Å². The molecule has 0 unspecified atom stereocenters. The van der Waals surface area contributed by atoms with E-state index in [0.717, 1.165) is 29.3 Å². The van der Waals surface area contributed by atoms with Gasteiger partial charge in [-0.15, -0.1) is 0 Å². The topological polar surface area (TPSA) is 71.4 Å². The first-order valence-electron chi connectivity index (χ1n) is 9.72. The lowest BCUT2D eigenvalue weighted by Gasteiger charge is -2.13. The fourth-order valence-electron chi connectivity index (χ4n) is 3.21. The molecule has 0 bridgehead atoms. The Kier molecular flexibility index (Phi) is 6.39. The number of nitrogens with one attached hydrogen (secondary N) is 1. The quantitative estimate of drug-likeness (QED) is 0.575. The zero-order valence-corrected chi connectivity index (χ0v) is 17.9. The molecular weight excluding hydrogens is 386 g/mol. The molecule has 0 saturated heterocycles. The Bertz CT molecular complexity index is 1100. The zero-order chi connectivity index (χ0) is 21.0. The number of nitrogens with zero attached hydrogens (tertiary/aromatic N) is 2. The number of aromatic nitrogens is 1. The van der Waals surface area contributed by atoms with Gasteiger partial charge in [-0.3, -0.25) is 4.79 Å². The van der Waals surface area contributed by atoms with E-state index in [1.807, 2.05) is 34.9 Å². The number of carbonyl (C=O) groups is 1. The summed E-state index contributed by atoms with van der Waals surface area (Å²) < 4.78 is 28.1. The van der Waals surface area contributed by atoms with Gasteiger partial charge in [0.25, 0.3) is 5.91 Å².